The van der Waals surface area contributed by atoms with Crippen LogP contribution in [0.3, 0.4) is 0 Å². The molecule has 0 saturated heterocycles. The first-order valence-corrected chi connectivity index (χ1v) is 8.54. The highest BCUT2D eigenvalue weighted by Crippen LogP contribution is 2.34. The molecule has 3 rings (SSSR count). The van der Waals surface area contributed by atoms with Gasteiger partial charge >= 0.3 is 6.18 Å². The summed E-state index contributed by atoms with van der Waals surface area (Å²) in [7, 11) is -4.56. The topological polar surface area (TPSA) is 89.2 Å². The number of hydrogen-bond donors (Lipinski definition) is 1. The van der Waals surface area contributed by atoms with E-state index in [1.807, 2.05) is 0 Å². The predicted molar refractivity (Wildman–Crippen MR) is 81.4 cm³/mol. The van der Waals surface area contributed by atoms with E-state index in [-0.39, 0.29) is 16.2 Å². The molecule has 7 nitrogen and oxygen atoms in total. The molecule has 1 aromatic carbocycles. The summed E-state index contributed by atoms with van der Waals surface area (Å²) in [6, 6.07) is 4.55. The number of nitrogens with one attached hydrogen (secondary N) is 1. The monoisotopic (exact) mass is 391 g/mol. The minimum atomic E-state index is -4.86. The maximum atomic E-state index is 13.4. The molecule has 1 unspecified atom stereocenters. The van der Waals surface area contributed by atoms with Crippen LogP contribution in [0.25, 0.3) is 5.65 Å². The lowest BCUT2D eigenvalue weighted by molar-refractivity contribution is -0.153. The summed E-state index contributed by atoms with van der Waals surface area (Å²) in [6.45, 7) is 0. The Labute approximate surface area is 144 Å². The van der Waals surface area contributed by atoms with Crippen molar-refractivity contribution < 1.29 is 21.6 Å². The van der Waals surface area contributed by atoms with E-state index in [1.165, 1.54) is 18.2 Å². The molecule has 1 N–H and O–H groups in total. The zero-order valence-corrected chi connectivity index (χ0v) is 13.7. The fourth-order valence-corrected chi connectivity index (χ4v) is 3.32. The quantitative estimate of drug-likeness (QED) is 0.737. The highest BCUT2D eigenvalue weighted by atomic mass is 35.5. The second kappa shape index (κ2) is 6.24. The molecule has 0 aliphatic rings. The fourth-order valence-electron chi connectivity index (χ4n) is 2.05. The Morgan fingerprint density at radius 1 is 1.12 bits per heavy atom. The van der Waals surface area contributed by atoms with Crippen LogP contribution in [0.4, 0.5) is 13.2 Å². The normalized spacial score (nSPS) is 13.9. The van der Waals surface area contributed by atoms with Crippen molar-refractivity contribution in [3.63, 3.8) is 0 Å². The number of aromatic nitrogens is 4. The van der Waals surface area contributed by atoms with Gasteiger partial charge in [-0.2, -0.15) is 27.5 Å². The first kappa shape index (κ1) is 17.6. The van der Waals surface area contributed by atoms with Gasteiger partial charge in [0.1, 0.15) is 12.4 Å². The van der Waals surface area contributed by atoms with Gasteiger partial charge in [0.25, 0.3) is 10.0 Å². The lowest BCUT2D eigenvalue weighted by atomic mass is 10.1. The maximum absolute atomic E-state index is 13.4. The summed E-state index contributed by atoms with van der Waals surface area (Å²) in [5.74, 6) is 0. The average Bonchev–Trinajstić information content (AvgIpc) is 3.00. The first-order chi connectivity index (χ1) is 11.7. The molecule has 0 saturated carbocycles. The molecule has 0 amide bonds. The molecule has 25 heavy (non-hydrogen) atoms. The van der Waals surface area contributed by atoms with E-state index >= 15 is 0 Å². The van der Waals surface area contributed by atoms with Gasteiger partial charge < -0.3 is 0 Å². The predicted octanol–water partition coefficient (Wildman–Crippen LogP) is 2.36. The molecular formula is C13H9ClF3N5O2S. The molecule has 0 aliphatic heterocycles. The Morgan fingerprint density at radius 2 is 1.80 bits per heavy atom. The van der Waals surface area contributed by atoms with Gasteiger partial charge in [0, 0.05) is 5.02 Å². The third-order valence-electron chi connectivity index (χ3n) is 3.22. The van der Waals surface area contributed by atoms with Crippen molar-refractivity contribution in [2.75, 3.05) is 0 Å². The molecule has 12 heteroatoms. The van der Waals surface area contributed by atoms with Crippen molar-refractivity contribution in [2.24, 2.45) is 0 Å². The largest absolute Gasteiger partial charge is 0.408 e. The first-order valence-electron chi connectivity index (χ1n) is 6.68. The number of rotatable bonds is 4. The number of nitrogens with zero attached hydrogens (tertiary/aromatic N) is 4. The number of halogens is 4. The van der Waals surface area contributed by atoms with Crippen molar-refractivity contribution in [3.05, 3.63) is 53.3 Å². The molecule has 132 valence electrons. The molecule has 0 spiro atoms. The van der Waals surface area contributed by atoms with Crippen LogP contribution in [-0.2, 0) is 10.0 Å². The lowest BCUT2D eigenvalue weighted by Gasteiger charge is -2.21. The van der Waals surface area contributed by atoms with Gasteiger partial charge in [-0.15, -0.1) is 10.2 Å². The van der Waals surface area contributed by atoms with Gasteiger partial charge in [-0.3, -0.25) is 0 Å². The Bertz CT molecular complexity index is 1000. The van der Waals surface area contributed by atoms with Crippen LogP contribution in [0.5, 0.6) is 0 Å². The Morgan fingerprint density at radius 3 is 2.44 bits per heavy atom. The summed E-state index contributed by atoms with van der Waals surface area (Å²) in [5, 5.41) is 10.5. The summed E-state index contributed by atoms with van der Waals surface area (Å²) in [6.07, 6.45) is -3.73. The van der Waals surface area contributed by atoms with Crippen LogP contribution >= 0.6 is 11.6 Å². The average molecular weight is 392 g/mol. The minimum absolute atomic E-state index is 0.229. The number of alkyl halides is 3. The van der Waals surface area contributed by atoms with Gasteiger partial charge in [-0.05, 0) is 29.8 Å². The SMILES string of the molecule is O=S(=O)(NC(c1ccc(Cl)cc1)C(F)(F)F)c1ccc2nncn2n1. The van der Waals surface area contributed by atoms with E-state index in [1.54, 1.807) is 4.72 Å². The van der Waals surface area contributed by atoms with Gasteiger partial charge in [0.15, 0.2) is 10.7 Å². The van der Waals surface area contributed by atoms with Crippen LogP contribution < -0.4 is 4.72 Å². The molecular weight excluding hydrogens is 383 g/mol. The van der Waals surface area contributed by atoms with Gasteiger partial charge in [-0.1, -0.05) is 23.7 Å². The molecule has 2 aromatic heterocycles. The van der Waals surface area contributed by atoms with E-state index < -0.39 is 27.3 Å². The molecule has 2 heterocycles. The molecule has 0 radical (unpaired) electrons. The van der Waals surface area contributed by atoms with Crippen molar-refractivity contribution in [1.82, 2.24) is 24.5 Å². The molecule has 3 aromatic rings. The summed E-state index contributed by atoms with van der Waals surface area (Å²) < 4.78 is 67.4. The zero-order chi connectivity index (χ0) is 18.2. The van der Waals surface area contributed by atoms with Crippen molar-refractivity contribution >= 4 is 27.3 Å². The highest BCUT2D eigenvalue weighted by molar-refractivity contribution is 7.89. The van der Waals surface area contributed by atoms with E-state index in [4.69, 9.17) is 11.6 Å². The van der Waals surface area contributed by atoms with Crippen LogP contribution in [0.2, 0.25) is 5.02 Å². The van der Waals surface area contributed by atoms with Crippen molar-refractivity contribution in [2.45, 2.75) is 17.2 Å². The molecule has 1 atom stereocenters. The summed E-state index contributed by atoms with van der Waals surface area (Å²) >= 11 is 5.66. The Kier molecular flexibility index (Phi) is 4.39. The van der Waals surface area contributed by atoms with Crippen LogP contribution in [0.15, 0.2) is 47.8 Å². The summed E-state index contributed by atoms with van der Waals surface area (Å²) in [4.78, 5) is 0. The molecule has 0 aliphatic carbocycles. The Balaban J connectivity index is 1.98. The Hall–Kier alpha value is -2.24. The van der Waals surface area contributed by atoms with E-state index in [2.05, 4.69) is 15.3 Å². The lowest BCUT2D eigenvalue weighted by Crippen LogP contribution is -2.38. The van der Waals surface area contributed by atoms with Gasteiger partial charge in [-0.25, -0.2) is 8.42 Å². The van der Waals surface area contributed by atoms with Crippen LogP contribution in [-0.4, -0.2) is 34.4 Å². The molecule has 0 bridgehead atoms. The third kappa shape index (κ3) is 3.72. The number of sulfonamides is 1. The summed E-state index contributed by atoms with van der Waals surface area (Å²) in [5.41, 5.74) is -0.0464. The number of benzene rings is 1. The smallest absolute Gasteiger partial charge is 0.205 e. The molecule has 0 fully saturated rings. The number of hydrogen-bond acceptors (Lipinski definition) is 5. The second-order valence-corrected chi connectivity index (χ2v) is 7.05. The minimum Gasteiger partial charge on any atom is -0.205 e. The van der Waals surface area contributed by atoms with Crippen molar-refractivity contribution in [1.29, 1.82) is 0 Å². The van der Waals surface area contributed by atoms with Crippen LogP contribution in [0.1, 0.15) is 11.6 Å². The third-order valence-corrected chi connectivity index (χ3v) is 4.78. The standard InChI is InChI=1S/C13H9ClF3N5O2S/c14-9-3-1-8(2-4-9)12(13(15,16)17)21-25(23,24)11-6-5-10-19-18-7-22(10)20-11/h1-7,12,21H. The van der Waals surface area contributed by atoms with Crippen molar-refractivity contribution in [3.8, 4) is 0 Å². The van der Waals surface area contributed by atoms with Gasteiger partial charge in [0.05, 0.1) is 0 Å². The second-order valence-electron chi connectivity index (χ2n) is 4.95. The fraction of sp³-hybridized carbons (Fsp3) is 0.154. The highest BCUT2D eigenvalue weighted by Gasteiger charge is 2.43. The number of fused-ring (bicyclic) bond motifs is 1. The van der Waals surface area contributed by atoms with E-state index in [0.717, 1.165) is 29.0 Å². The van der Waals surface area contributed by atoms with E-state index in [0.29, 0.717) is 0 Å². The van der Waals surface area contributed by atoms with Gasteiger partial charge in [0.2, 0.25) is 0 Å². The zero-order valence-electron chi connectivity index (χ0n) is 12.1. The van der Waals surface area contributed by atoms with Crippen LogP contribution in [0, 0.1) is 0 Å². The van der Waals surface area contributed by atoms with E-state index in [9.17, 15) is 21.6 Å². The maximum Gasteiger partial charge on any atom is 0.408 e.